The second-order valence-corrected chi connectivity index (χ2v) is 12.0. The average molecular weight is 730 g/mol. The Labute approximate surface area is 308 Å². The normalized spacial score (nSPS) is 11.3. The number of hydrogen-bond donors (Lipinski definition) is 2. The molecule has 2 amide bonds. The van der Waals surface area contributed by atoms with Crippen LogP contribution in [0.1, 0.15) is 73.6 Å². The van der Waals surface area contributed by atoms with Gasteiger partial charge in [-0.1, -0.05) is 32.3 Å². The molecule has 0 aliphatic rings. The fourth-order valence-corrected chi connectivity index (χ4v) is 5.22. The van der Waals surface area contributed by atoms with Gasteiger partial charge in [-0.3, -0.25) is 19.3 Å². The number of amidine groups is 1. The van der Waals surface area contributed by atoms with Crippen LogP contribution in [0.3, 0.4) is 0 Å². The third-order valence-electron chi connectivity index (χ3n) is 8.20. The summed E-state index contributed by atoms with van der Waals surface area (Å²) in [5, 5.41) is 3.34. The molecule has 0 unspecified atom stereocenters. The number of aryl methyl sites for hydroxylation is 1. The van der Waals surface area contributed by atoms with Crippen LogP contribution in [0.25, 0.3) is 11.0 Å². The number of amides is 2. The Morgan fingerprint density at radius 3 is 2.43 bits per heavy atom. The van der Waals surface area contributed by atoms with E-state index in [1.807, 2.05) is 29.8 Å². The van der Waals surface area contributed by atoms with Crippen LogP contribution >= 0.6 is 0 Å². The number of methoxy groups -OCH3 is 1. The second-order valence-electron chi connectivity index (χ2n) is 12.0. The number of aromatic nitrogens is 3. The summed E-state index contributed by atoms with van der Waals surface area (Å²) in [6.07, 6.45) is 5.41. The first-order chi connectivity index (χ1) is 25.7. The molecule has 0 aliphatic heterocycles. The average Bonchev–Trinajstić information content (AvgIpc) is 3.49. The molecule has 0 bridgehead atoms. The number of unbranched alkanes of at least 4 members (excludes halogenated alkanes) is 3. The summed E-state index contributed by atoms with van der Waals surface area (Å²) in [5.41, 5.74) is 9.25. The molecule has 0 fully saturated rings. The number of rotatable bonds is 20. The van der Waals surface area contributed by atoms with E-state index in [0.717, 1.165) is 42.7 Å². The molecule has 0 aliphatic carbocycles. The van der Waals surface area contributed by atoms with E-state index in [4.69, 9.17) is 24.9 Å². The lowest BCUT2D eigenvalue weighted by Crippen LogP contribution is -2.34. The summed E-state index contributed by atoms with van der Waals surface area (Å²) in [5.74, 6) is -0.0609. The maximum atomic E-state index is 13.8. The van der Waals surface area contributed by atoms with Gasteiger partial charge in [0.05, 0.1) is 44.3 Å². The van der Waals surface area contributed by atoms with Crippen molar-refractivity contribution in [2.24, 2.45) is 17.8 Å². The smallest absolute Gasteiger partial charge is 0.435 e. The zero-order valence-corrected chi connectivity index (χ0v) is 30.4. The number of benzene rings is 2. The van der Waals surface area contributed by atoms with Gasteiger partial charge in [-0.25, -0.2) is 14.8 Å². The number of hydrogen-bond acceptors (Lipinski definition) is 11. The molecule has 0 saturated carbocycles. The highest BCUT2D eigenvalue weighted by Gasteiger charge is 2.22. The summed E-state index contributed by atoms with van der Waals surface area (Å²) in [6, 6.07) is 17.6. The highest BCUT2D eigenvalue weighted by Crippen LogP contribution is 2.21. The molecule has 2 aromatic heterocycles. The first kappa shape index (κ1) is 39.9. The molecule has 0 saturated heterocycles. The van der Waals surface area contributed by atoms with Gasteiger partial charge in [0.1, 0.15) is 17.5 Å². The molecular formula is C38H47N7O8. The SMILES string of the molecule is CCCCCCOC(=O)/N=C(\N)c1ccc(NCc2nc3cc(C(=O)N(CCC(=O)OCOCCCC(=O)OC)c4ccccn4)ccc3n2C)cc1. The second kappa shape index (κ2) is 20.9. The lowest BCUT2D eigenvalue weighted by atomic mass is 10.1. The van der Waals surface area contributed by atoms with E-state index < -0.39 is 12.1 Å². The molecule has 2 aromatic carbocycles. The van der Waals surface area contributed by atoms with E-state index in [2.05, 4.69) is 27.0 Å². The van der Waals surface area contributed by atoms with E-state index >= 15 is 0 Å². The van der Waals surface area contributed by atoms with Crippen LogP contribution in [0.5, 0.6) is 0 Å². The number of nitrogens with zero attached hydrogens (tertiary/aromatic N) is 5. The molecule has 3 N–H and O–H groups in total. The Bertz CT molecular complexity index is 1840. The van der Waals surface area contributed by atoms with Crippen molar-refractivity contribution in [2.45, 2.75) is 58.4 Å². The zero-order valence-electron chi connectivity index (χ0n) is 30.4. The summed E-state index contributed by atoms with van der Waals surface area (Å²) >= 11 is 0. The molecule has 2 heterocycles. The lowest BCUT2D eigenvalue weighted by Gasteiger charge is -2.21. The number of nitrogens with one attached hydrogen (secondary N) is 1. The van der Waals surface area contributed by atoms with Crippen LogP contribution in [0.4, 0.5) is 16.3 Å². The first-order valence-corrected chi connectivity index (χ1v) is 17.5. The standard InChI is InChI=1S/C38H47N7O8/c1-4-5-6-9-23-52-38(49)43-36(39)27-13-16-29(17-14-27)41-25-33-42-30-24-28(15-18-31(30)44(33)2)37(48)45(32-11-7-8-20-40-32)21-19-35(47)53-26-51-22-10-12-34(46)50-3/h7-8,11,13-18,20,24,41H,4-6,9-10,12,19,21-23,25-26H2,1-3H3,(H2,39,43,49). The molecule has 4 rings (SSSR count). The third-order valence-corrected chi connectivity index (χ3v) is 8.20. The van der Waals surface area contributed by atoms with Gasteiger partial charge >= 0.3 is 18.0 Å². The van der Waals surface area contributed by atoms with Crippen molar-refractivity contribution in [3.8, 4) is 0 Å². The Balaban J connectivity index is 1.34. The highest BCUT2D eigenvalue weighted by molar-refractivity contribution is 6.07. The number of nitrogens with two attached hydrogens (primary N) is 1. The van der Waals surface area contributed by atoms with Crippen LogP contribution < -0.4 is 16.0 Å². The number of fused-ring (bicyclic) bond motifs is 1. The molecule has 15 heteroatoms. The molecule has 0 spiro atoms. The maximum Gasteiger partial charge on any atom is 0.435 e. The van der Waals surface area contributed by atoms with Crippen LogP contribution in [-0.2, 0) is 42.1 Å². The number of imidazole rings is 1. The number of carbonyl (C=O) groups is 4. The Hall–Kier alpha value is -5.83. The van der Waals surface area contributed by atoms with E-state index in [-0.39, 0.29) is 50.5 Å². The summed E-state index contributed by atoms with van der Waals surface area (Å²) in [4.78, 5) is 63.9. The van der Waals surface area contributed by atoms with Gasteiger partial charge in [-0.2, -0.15) is 4.99 Å². The van der Waals surface area contributed by atoms with E-state index in [9.17, 15) is 19.2 Å². The number of pyridine rings is 1. The number of ether oxygens (including phenoxy) is 4. The Morgan fingerprint density at radius 2 is 1.70 bits per heavy atom. The number of aliphatic imine (C=N–C) groups is 1. The lowest BCUT2D eigenvalue weighted by molar-refractivity contribution is -0.156. The monoisotopic (exact) mass is 729 g/mol. The zero-order chi connectivity index (χ0) is 38.0. The fourth-order valence-electron chi connectivity index (χ4n) is 5.22. The van der Waals surface area contributed by atoms with Crippen molar-refractivity contribution in [1.82, 2.24) is 14.5 Å². The van der Waals surface area contributed by atoms with Gasteiger partial charge < -0.3 is 34.6 Å². The van der Waals surface area contributed by atoms with Gasteiger partial charge in [-0.05, 0) is 67.4 Å². The van der Waals surface area contributed by atoms with E-state index in [0.29, 0.717) is 42.0 Å². The number of anilines is 2. The minimum Gasteiger partial charge on any atom is -0.469 e. The third kappa shape index (κ3) is 12.4. The van der Waals surface area contributed by atoms with Crippen molar-refractivity contribution in [3.05, 3.63) is 83.8 Å². The summed E-state index contributed by atoms with van der Waals surface area (Å²) in [6.45, 7) is 2.81. The van der Waals surface area contributed by atoms with E-state index in [1.54, 1.807) is 48.7 Å². The molecule has 282 valence electrons. The van der Waals surface area contributed by atoms with Crippen molar-refractivity contribution in [1.29, 1.82) is 0 Å². The molecule has 53 heavy (non-hydrogen) atoms. The number of carbonyl (C=O) groups excluding carboxylic acids is 4. The number of esters is 2. The van der Waals surface area contributed by atoms with Crippen molar-refractivity contribution >= 4 is 52.3 Å². The van der Waals surface area contributed by atoms with Gasteiger partial charge in [0.15, 0.2) is 6.79 Å². The first-order valence-electron chi connectivity index (χ1n) is 17.5. The quantitative estimate of drug-likeness (QED) is 0.0290. The highest BCUT2D eigenvalue weighted by atomic mass is 16.7. The van der Waals surface area contributed by atoms with Gasteiger partial charge in [0.2, 0.25) is 0 Å². The predicted molar refractivity (Wildman–Crippen MR) is 199 cm³/mol. The van der Waals surface area contributed by atoms with Crippen molar-refractivity contribution < 1.29 is 38.1 Å². The summed E-state index contributed by atoms with van der Waals surface area (Å²) < 4.78 is 22.1. The van der Waals surface area contributed by atoms with Gasteiger partial charge in [0.25, 0.3) is 5.91 Å². The predicted octanol–water partition coefficient (Wildman–Crippen LogP) is 5.51. The molecule has 0 atom stereocenters. The Kier molecular flexibility index (Phi) is 15.7. The minimum absolute atomic E-state index is 0.0198. The van der Waals surface area contributed by atoms with Crippen LogP contribution in [0.15, 0.2) is 71.9 Å². The van der Waals surface area contributed by atoms with Crippen molar-refractivity contribution in [2.75, 3.05) is 43.9 Å². The Morgan fingerprint density at radius 1 is 0.906 bits per heavy atom. The molecular weight excluding hydrogens is 682 g/mol. The molecule has 4 aromatic rings. The van der Waals surface area contributed by atoms with Gasteiger partial charge in [0, 0.05) is 43.0 Å². The van der Waals surface area contributed by atoms with Crippen LogP contribution in [0.2, 0.25) is 0 Å². The molecule has 15 nitrogen and oxygen atoms in total. The van der Waals surface area contributed by atoms with Crippen LogP contribution in [0, 0.1) is 0 Å². The minimum atomic E-state index is -0.703. The van der Waals surface area contributed by atoms with Crippen molar-refractivity contribution in [3.63, 3.8) is 0 Å². The van der Waals surface area contributed by atoms with Crippen LogP contribution in [-0.4, -0.2) is 78.0 Å². The fraction of sp³-hybridized carbons (Fsp3) is 0.395. The maximum absolute atomic E-state index is 13.8. The van der Waals surface area contributed by atoms with E-state index in [1.165, 1.54) is 12.0 Å². The topological polar surface area (TPSA) is 190 Å². The summed E-state index contributed by atoms with van der Waals surface area (Å²) in [7, 11) is 3.21. The van der Waals surface area contributed by atoms with Gasteiger partial charge in [-0.15, -0.1) is 0 Å². The molecule has 0 radical (unpaired) electrons. The largest absolute Gasteiger partial charge is 0.469 e.